The molecule has 0 aliphatic carbocycles. The van der Waals surface area contributed by atoms with Gasteiger partial charge in [0.15, 0.2) is 0 Å². The van der Waals surface area contributed by atoms with Crippen LogP contribution in [0.5, 0.6) is 0 Å². The van der Waals surface area contributed by atoms with E-state index in [1.54, 1.807) is 18.9 Å². The Kier molecular flexibility index (Phi) is 4.11. The molecule has 1 rings (SSSR count). The van der Waals surface area contributed by atoms with E-state index in [-0.39, 0.29) is 36.0 Å². The lowest BCUT2D eigenvalue weighted by Crippen LogP contribution is -2.64. The second-order valence-electron chi connectivity index (χ2n) is 4.96. The number of urea groups is 1. The van der Waals surface area contributed by atoms with Crippen LogP contribution in [0, 0.1) is 5.92 Å². The van der Waals surface area contributed by atoms with Gasteiger partial charge in [0.25, 0.3) is 0 Å². The van der Waals surface area contributed by atoms with Crippen molar-refractivity contribution in [3.05, 3.63) is 0 Å². The molecule has 6 nitrogen and oxygen atoms in total. The van der Waals surface area contributed by atoms with E-state index in [4.69, 9.17) is 11.5 Å². The first kappa shape index (κ1) is 13.9. The van der Waals surface area contributed by atoms with Crippen LogP contribution in [0.25, 0.3) is 0 Å². The summed E-state index contributed by atoms with van der Waals surface area (Å²) >= 11 is 0. The Morgan fingerprint density at radius 2 is 1.76 bits per heavy atom. The van der Waals surface area contributed by atoms with Crippen LogP contribution in [0.3, 0.4) is 0 Å². The van der Waals surface area contributed by atoms with Crippen molar-refractivity contribution in [2.75, 3.05) is 14.1 Å². The molecule has 17 heavy (non-hydrogen) atoms. The van der Waals surface area contributed by atoms with Gasteiger partial charge in [0.05, 0.1) is 12.0 Å². The number of hydrogen-bond acceptors (Lipinski definition) is 4. The van der Waals surface area contributed by atoms with E-state index in [2.05, 4.69) is 0 Å². The first-order chi connectivity index (χ1) is 7.77. The summed E-state index contributed by atoms with van der Waals surface area (Å²) < 4.78 is 0. The van der Waals surface area contributed by atoms with Crippen molar-refractivity contribution >= 4 is 11.9 Å². The molecule has 4 atom stereocenters. The molecule has 0 aromatic heterocycles. The lowest BCUT2D eigenvalue weighted by Gasteiger charge is -2.44. The first-order valence-corrected chi connectivity index (χ1v) is 5.82. The van der Waals surface area contributed by atoms with Crippen molar-refractivity contribution in [3.63, 3.8) is 0 Å². The summed E-state index contributed by atoms with van der Waals surface area (Å²) in [5.74, 6) is -0.504. The molecule has 1 fully saturated rings. The van der Waals surface area contributed by atoms with Crippen molar-refractivity contribution in [2.24, 2.45) is 17.4 Å². The van der Waals surface area contributed by atoms with E-state index < -0.39 is 0 Å². The maximum absolute atomic E-state index is 12.1. The van der Waals surface area contributed by atoms with E-state index >= 15 is 0 Å². The summed E-state index contributed by atoms with van der Waals surface area (Å²) in [5, 5.41) is 0. The summed E-state index contributed by atoms with van der Waals surface area (Å²) in [5.41, 5.74) is 11.6. The van der Waals surface area contributed by atoms with E-state index in [1.807, 2.05) is 6.92 Å². The Labute approximate surface area is 102 Å². The molecule has 4 unspecified atom stereocenters. The van der Waals surface area contributed by atoms with Crippen LogP contribution in [-0.2, 0) is 4.79 Å². The van der Waals surface area contributed by atoms with E-state index in [0.29, 0.717) is 6.42 Å². The van der Waals surface area contributed by atoms with Crippen LogP contribution >= 0.6 is 0 Å². The number of imide groups is 1. The van der Waals surface area contributed by atoms with Crippen molar-refractivity contribution < 1.29 is 9.59 Å². The van der Waals surface area contributed by atoms with Crippen LogP contribution in [0.15, 0.2) is 0 Å². The van der Waals surface area contributed by atoms with Crippen LogP contribution in [-0.4, -0.2) is 54.0 Å². The third-order valence-electron chi connectivity index (χ3n) is 3.26. The maximum atomic E-state index is 12.1. The molecule has 1 aliphatic heterocycles. The number of likely N-dealkylation sites (N-methyl/N-ethyl adjacent to an activating group) is 1. The van der Waals surface area contributed by atoms with Gasteiger partial charge in [0, 0.05) is 26.2 Å². The van der Waals surface area contributed by atoms with Crippen LogP contribution in [0.1, 0.15) is 20.3 Å². The second kappa shape index (κ2) is 5.01. The van der Waals surface area contributed by atoms with Gasteiger partial charge in [-0.3, -0.25) is 9.69 Å². The molecular formula is C11H22N4O2. The van der Waals surface area contributed by atoms with E-state index in [0.717, 1.165) is 4.90 Å². The smallest absolute Gasteiger partial charge is 0.326 e. The molecule has 0 saturated carbocycles. The quantitative estimate of drug-likeness (QED) is 0.703. The number of amides is 3. The first-order valence-electron chi connectivity index (χ1n) is 5.82. The Morgan fingerprint density at radius 3 is 2.18 bits per heavy atom. The van der Waals surface area contributed by atoms with Gasteiger partial charge in [-0.15, -0.1) is 0 Å². The lowest BCUT2D eigenvalue weighted by molar-refractivity contribution is -0.138. The van der Waals surface area contributed by atoms with Gasteiger partial charge in [-0.25, -0.2) is 4.79 Å². The normalized spacial score (nSPS) is 29.5. The highest BCUT2D eigenvalue weighted by Crippen LogP contribution is 2.26. The number of nitrogens with zero attached hydrogens (tertiary/aromatic N) is 2. The molecule has 3 amide bonds. The van der Waals surface area contributed by atoms with Gasteiger partial charge >= 0.3 is 6.03 Å². The van der Waals surface area contributed by atoms with E-state index in [9.17, 15) is 9.59 Å². The summed E-state index contributed by atoms with van der Waals surface area (Å²) in [4.78, 5) is 26.6. The zero-order valence-corrected chi connectivity index (χ0v) is 10.9. The molecule has 0 aromatic carbocycles. The predicted molar refractivity (Wildman–Crippen MR) is 65.1 cm³/mol. The molecular weight excluding hydrogens is 220 g/mol. The van der Waals surface area contributed by atoms with Crippen molar-refractivity contribution in [3.8, 4) is 0 Å². The Balaban J connectivity index is 3.03. The maximum Gasteiger partial charge on any atom is 0.326 e. The molecule has 4 N–H and O–H groups in total. The van der Waals surface area contributed by atoms with Crippen LogP contribution in [0.2, 0.25) is 0 Å². The molecule has 6 heteroatoms. The van der Waals surface area contributed by atoms with Gasteiger partial charge in [-0.2, -0.15) is 0 Å². The zero-order valence-electron chi connectivity index (χ0n) is 10.9. The monoisotopic (exact) mass is 242 g/mol. The molecule has 98 valence electrons. The number of hydrogen-bond donors (Lipinski definition) is 2. The second-order valence-corrected chi connectivity index (χ2v) is 4.96. The number of carbonyl (C=O) groups excluding carboxylic acids is 2. The largest absolute Gasteiger partial charge is 0.328 e. The number of carbonyl (C=O) groups is 2. The third kappa shape index (κ3) is 2.58. The molecule has 0 bridgehead atoms. The molecule has 0 radical (unpaired) electrons. The fourth-order valence-electron chi connectivity index (χ4n) is 2.48. The molecule has 0 aromatic rings. The highest BCUT2D eigenvalue weighted by Gasteiger charge is 2.44. The Bertz CT molecular complexity index is 317. The summed E-state index contributed by atoms with van der Waals surface area (Å²) in [6.07, 6.45) is 0.535. The molecule has 1 saturated heterocycles. The third-order valence-corrected chi connectivity index (χ3v) is 3.26. The molecule has 0 spiro atoms. The van der Waals surface area contributed by atoms with Crippen molar-refractivity contribution in [2.45, 2.75) is 38.4 Å². The summed E-state index contributed by atoms with van der Waals surface area (Å²) in [6.45, 7) is 3.66. The fourth-order valence-corrected chi connectivity index (χ4v) is 2.48. The number of rotatable bonds is 3. The lowest BCUT2D eigenvalue weighted by atomic mass is 9.85. The topological polar surface area (TPSA) is 92.7 Å². The molecule has 1 aliphatic rings. The standard InChI is InChI=1S/C11H22N4O2/c1-6(12)5-8-9(7(2)13)14(3)11(17)15(4)10(8)16/h6-9H,5,12-13H2,1-4H3. The minimum atomic E-state index is -0.317. The van der Waals surface area contributed by atoms with Gasteiger partial charge in [-0.1, -0.05) is 0 Å². The summed E-state index contributed by atoms with van der Waals surface area (Å²) in [7, 11) is 3.17. The van der Waals surface area contributed by atoms with Gasteiger partial charge in [-0.05, 0) is 20.3 Å². The van der Waals surface area contributed by atoms with Crippen LogP contribution in [0.4, 0.5) is 4.79 Å². The zero-order chi connectivity index (χ0) is 13.3. The average Bonchev–Trinajstić information content (AvgIpc) is 2.22. The summed E-state index contributed by atoms with van der Waals surface area (Å²) in [6, 6.07) is -0.944. The fraction of sp³-hybridized carbons (Fsp3) is 0.818. The van der Waals surface area contributed by atoms with Crippen molar-refractivity contribution in [1.82, 2.24) is 9.80 Å². The van der Waals surface area contributed by atoms with Gasteiger partial charge in [0.2, 0.25) is 5.91 Å². The van der Waals surface area contributed by atoms with E-state index in [1.165, 1.54) is 7.05 Å². The van der Waals surface area contributed by atoms with Gasteiger partial charge in [0.1, 0.15) is 0 Å². The van der Waals surface area contributed by atoms with Gasteiger partial charge < -0.3 is 16.4 Å². The number of nitrogens with two attached hydrogens (primary N) is 2. The predicted octanol–water partition coefficient (Wildman–Crippen LogP) is -0.420. The highest BCUT2D eigenvalue weighted by atomic mass is 16.2. The molecule has 1 heterocycles. The minimum absolute atomic E-state index is 0.0970. The average molecular weight is 242 g/mol. The minimum Gasteiger partial charge on any atom is -0.328 e. The van der Waals surface area contributed by atoms with Crippen molar-refractivity contribution in [1.29, 1.82) is 0 Å². The SMILES string of the molecule is CC(N)CC1C(=O)N(C)C(=O)N(C)C1C(C)N. The Morgan fingerprint density at radius 1 is 1.24 bits per heavy atom. The van der Waals surface area contributed by atoms with Crippen LogP contribution < -0.4 is 11.5 Å². The highest BCUT2D eigenvalue weighted by molar-refractivity contribution is 5.98. The Hall–Kier alpha value is -1.14.